The Bertz CT molecular complexity index is 195. The van der Waals surface area contributed by atoms with Crippen molar-refractivity contribution in [2.45, 2.75) is 45.6 Å². The van der Waals surface area contributed by atoms with Crippen LogP contribution in [-0.2, 0) is 0 Å². The van der Waals surface area contributed by atoms with Gasteiger partial charge in [-0.2, -0.15) is 0 Å². The molecule has 1 saturated heterocycles. The molecule has 4 unspecified atom stereocenters. The lowest BCUT2D eigenvalue weighted by Gasteiger charge is -2.32. The van der Waals surface area contributed by atoms with E-state index >= 15 is 0 Å². The van der Waals surface area contributed by atoms with Gasteiger partial charge in [0.15, 0.2) is 0 Å². The zero-order chi connectivity index (χ0) is 10.8. The highest BCUT2D eigenvalue weighted by Crippen LogP contribution is 2.28. The Kier molecular flexibility index (Phi) is 3.68. The number of hydrogen-bond acceptors (Lipinski definition) is 2. The number of hydrogen-bond donors (Lipinski definition) is 1. The van der Waals surface area contributed by atoms with Crippen LogP contribution in [-0.4, -0.2) is 30.6 Å². The molecule has 0 radical (unpaired) electrons. The van der Waals surface area contributed by atoms with Crippen molar-refractivity contribution < 1.29 is 0 Å². The normalized spacial score (nSPS) is 43.4. The minimum Gasteiger partial charge on any atom is -0.327 e. The molecule has 0 aromatic carbocycles. The van der Waals surface area contributed by atoms with Crippen LogP contribution in [0.1, 0.15) is 39.5 Å². The van der Waals surface area contributed by atoms with Crippen LogP contribution in [0.5, 0.6) is 0 Å². The van der Waals surface area contributed by atoms with Crippen molar-refractivity contribution in [1.29, 1.82) is 0 Å². The average Bonchev–Trinajstić information content (AvgIpc) is 2.50. The van der Waals surface area contributed by atoms with Crippen molar-refractivity contribution in [3.8, 4) is 0 Å². The third kappa shape index (κ3) is 2.73. The van der Waals surface area contributed by atoms with Crippen LogP contribution in [0.25, 0.3) is 0 Å². The fraction of sp³-hybridized carbons (Fsp3) is 1.00. The van der Waals surface area contributed by atoms with Gasteiger partial charge < -0.3 is 10.6 Å². The molecule has 2 aliphatic rings. The predicted molar refractivity (Wildman–Crippen MR) is 64.7 cm³/mol. The summed E-state index contributed by atoms with van der Waals surface area (Å²) in [6, 6.07) is 0.477. The van der Waals surface area contributed by atoms with E-state index in [9.17, 15) is 0 Å². The molecule has 2 nitrogen and oxygen atoms in total. The molecule has 0 bridgehead atoms. The molecule has 88 valence electrons. The van der Waals surface area contributed by atoms with Crippen molar-refractivity contribution in [1.82, 2.24) is 4.90 Å². The Morgan fingerprint density at radius 1 is 1.07 bits per heavy atom. The van der Waals surface area contributed by atoms with Gasteiger partial charge in [-0.05, 0) is 30.6 Å². The molecule has 0 aromatic rings. The Hall–Kier alpha value is -0.0800. The van der Waals surface area contributed by atoms with Crippen LogP contribution in [0.3, 0.4) is 0 Å². The quantitative estimate of drug-likeness (QED) is 0.756. The highest BCUT2D eigenvalue weighted by atomic mass is 15.2. The van der Waals surface area contributed by atoms with E-state index in [0.717, 1.165) is 17.8 Å². The largest absolute Gasteiger partial charge is 0.327 e. The second-order valence-electron chi connectivity index (χ2n) is 5.88. The van der Waals surface area contributed by atoms with Crippen molar-refractivity contribution in [3.05, 3.63) is 0 Å². The van der Waals surface area contributed by atoms with Gasteiger partial charge in [-0.25, -0.2) is 0 Å². The average molecular weight is 210 g/mol. The highest BCUT2D eigenvalue weighted by Gasteiger charge is 2.30. The van der Waals surface area contributed by atoms with Crippen LogP contribution in [0, 0.1) is 17.8 Å². The lowest BCUT2D eigenvalue weighted by molar-refractivity contribution is 0.205. The van der Waals surface area contributed by atoms with Gasteiger partial charge in [-0.1, -0.05) is 26.7 Å². The second-order valence-corrected chi connectivity index (χ2v) is 5.88. The summed E-state index contributed by atoms with van der Waals surface area (Å²) in [5.41, 5.74) is 6.20. The molecule has 2 fully saturated rings. The van der Waals surface area contributed by atoms with Gasteiger partial charge in [0, 0.05) is 25.7 Å². The topological polar surface area (TPSA) is 29.3 Å². The maximum atomic E-state index is 6.20. The Morgan fingerprint density at radius 3 is 2.27 bits per heavy atom. The van der Waals surface area contributed by atoms with E-state index < -0.39 is 0 Å². The molecule has 1 aliphatic carbocycles. The lowest BCUT2D eigenvalue weighted by Crippen LogP contribution is -2.40. The maximum absolute atomic E-state index is 6.20. The van der Waals surface area contributed by atoms with E-state index in [4.69, 9.17) is 5.73 Å². The zero-order valence-electron chi connectivity index (χ0n) is 10.3. The molecule has 0 amide bonds. The van der Waals surface area contributed by atoms with Crippen molar-refractivity contribution in [3.63, 3.8) is 0 Å². The Morgan fingerprint density at radius 2 is 1.67 bits per heavy atom. The molecule has 2 rings (SSSR count). The van der Waals surface area contributed by atoms with Gasteiger partial charge in [-0.3, -0.25) is 0 Å². The first-order valence-electron chi connectivity index (χ1n) is 6.64. The van der Waals surface area contributed by atoms with Gasteiger partial charge >= 0.3 is 0 Å². The number of nitrogens with two attached hydrogens (primary N) is 1. The summed E-state index contributed by atoms with van der Waals surface area (Å²) in [6.07, 6.45) is 5.37. The summed E-state index contributed by atoms with van der Waals surface area (Å²) in [4.78, 5) is 2.64. The molecule has 1 heterocycles. The van der Waals surface area contributed by atoms with Crippen LogP contribution in [0.4, 0.5) is 0 Å². The fourth-order valence-corrected chi connectivity index (χ4v) is 3.19. The molecule has 0 spiro atoms. The summed E-state index contributed by atoms with van der Waals surface area (Å²) >= 11 is 0. The lowest BCUT2D eigenvalue weighted by atomic mass is 9.85. The van der Waals surface area contributed by atoms with Crippen LogP contribution >= 0.6 is 0 Å². The first-order chi connectivity index (χ1) is 7.16. The molecular formula is C13H26N2. The number of likely N-dealkylation sites (tertiary alicyclic amines) is 1. The van der Waals surface area contributed by atoms with E-state index in [1.54, 1.807) is 0 Å². The third-order valence-electron chi connectivity index (χ3n) is 4.52. The first-order valence-corrected chi connectivity index (χ1v) is 6.64. The molecule has 2 heteroatoms. The summed E-state index contributed by atoms with van der Waals surface area (Å²) in [5, 5.41) is 0. The summed E-state index contributed by atoms with van der Waals surface area (Å²) in [5.74, 6) is 2.53. The summed E-state index contributed by atoms with van der Waals surface area (Å²) in [7, 11) is 0. The summed E-state index contributed by atoms with van der Waals surface area (Å²) < 4.78 is 0. The standard InChI is InChI=1S/C13H26N2/c1-10-7-15(8-11(10)2)9-12-5-3-4-6-13(12)14/h10-13H,3-9,14H2,1-2H3. The van der Waals surface area contributed by atoms with E-state index in [2.05, 4.69) is 18.7 Å². The van der Waals surface area contributed by atoms with Crippen LogP contribution in [0.15, 0.2) is 0 Å². The molecule has 1 aliphatic heterocycles. The first kappa shape index (κ1) is 11.4. The van der Waals surface area contributed by atoms with E-state index in [0.29, 0.717) is 6.04 Å². The van der Waals surface area contributed by atoms with Gasteiger partial charge in [0.25, 0.3) is 0 Å². The van der Waals surface area contributed by atoms with Gasteiger partial charge in [-0.15, -0.1) is 0 Å². The Balaban J connectivity index is 1.81. The second kappa shape index (κ2) is 4.84. The predicted octanol–water partition coefficient (Wildman–Crippen LogP) is 2.09. The SMILES string of the molecule is CC1CN(CC2CCCCC2N)CC1C. The number of rotatable bonds is 2. The smallest absolute Gasteiger partial charge is 0.00793 e. The molecule has 4 atom stereocenters. The molecule has 1 saturated carbocycles. The molecule has 15 heavy (non-hydrogen) atoms. The molecular weight excluding hydrogens is 184 g/mol. The van der Waals surface area contributed by atoms with Crippen molar-refractivity contribution in [2.24, 2.45) is 23.5 Å². The monoisotopic (exact) mass is 210 g/mol. The van der Waals surface area contributed by atoms with Gasteiger partial charge in [0.1, 0.15) is 0 Å². The van der Waals surface area contributed by atoms with E-state index in [1.807, 2.05) is 0 Å². The number of nitrogens with zero attached hydrogens (tertiary/aromatic N) is 1. The highest BCUT2D eigenvalue weighted by molar-refractivity contribution is 4.85. The van der Waals surface area contributed by atoms with E-state index in [-0.39, 0.29) is 0 Å². The minimum absolute atomic E-state index is 0.477. The van der Waals surface area contributed by atoms with Gasteiger partial charge in [0.2, 0.25) is 0 Å². The molecule has 0 aromatic heterocycles. The van der Waals surface area contributed by atoms with Gasteiger partial charge in [0.05, 0.1) is 0 Å². The molecule has 2 N–H and O–H groups in total. The maximum Gasteiger partial charge on any atom is 0.00793 e. The fourth-order valence-electron chi connectivity index (χ4n) is 3.19. The third-order valence-corrected chi connectivity index (χ3v) is 4.52. The Labute approximate surface area is 94.2 Å². The van der Waals surface area contributed by atoms with E-state index in [1.165, 1.54) is 45.3 Å². The van der Waals surface area contributed by atoms with Crippen molar-refractivity contribution >= 4 is 0 Å². The zero-order valence-corrected chi connectivity index (χ0v) is 10.3. The van der Waals surface area contributed by atoms with Crippen LogP contribution in [0.2, 0.25) is 0 Å². The van der Waals surface area contributed by atoms with Crippen LogP contribution < -0.4 is 5.73 Å². The minimum atomic E-state index is 0.477. The summed E-state index contributed by atoms with van der Waals surface area (Å²) in [6.45, 7) is 8.61. The van der Waals surface area contributed by atoms with Crippen molar-refractivity contribution in [2.75, 3.05) is 19.6 Å².